The number of nitrogens with zero attached hydrogens (tertiary/aromatic N) is 2. The zero-order valence-corrected chi connectivity index (χ0v) is 18.6. The number of unbranched alkanes of at least 4 members (excludes halogenated alkanes) is 1. The molecule has 1 aliphatic rings. The maximum atomic E-state index is 10.7. The van der Waals surface area contributed by atoms with E-state index in [9.17, 15) is 4.79 Å². The normalized spacial score (nSPS) is 14.3. The number of likely N-dealkylation sites (tertiary alicyclic amines) is 1. The third-order valence-electron chi connectivity index (χ3n) is 4.87. The molecule has 2 aromatic carbocycles. The van der Waals surface area contributed by atoms with E-state index in [4.69, 9.17) is 10.5 Å². The van der Waals surface area contributed by atoms with Crippen molar-refractivity contribution in [2.24, 2.45) is 10.8 Å². The Labute approximate surface area is 186 Å². The van der Waals surface area contributed by atoms with Gasteiger partial charge in [0.05, 0.1) is 6.61 Å². The van der Waals surface area contributed by atoms with Gasteiger partial charge in [0.2, 0.25) is 5.91 Å². The number of nitrogens with one attached hydrogen (secondary N) is 1. The molecule has 1 aliphatic heterocycles. The molecule has 168 valence electrons. The Kier molecular flexibility index (Phi) is 11.8. The highest BCUT2D eigenvalue weighted by Gasteiger charge is 2.10. The molecular formula is C25H36N4O2. The highest BCUT2D eigenvalue weighted by Crippen LogP contribution is 2.18. The van der Waals surface area contributed by atoms with Gasteiger partial charge in [0.1, 0.15) is 11.6 Å². The predicted octanol–water partition coefficient (Wildman–Crippen LogP) is 4.32. The molecule has 0 atom stereocenters. The SMILES string of the molecule is CC(=O)NN=C(N)CCCCOc1cccc(CN2CCCCC2)c1.c1ccccc1. The summed E-state index contributed by atoms with van der Waals surface area (Å²) in [5, 5.41) is 3.80. The Morgan fingerprint density at radius 2 is 1.71 bits per heavy atom. The lowest BCUT2D eigenvalue weighted by atomic mass is 10.1. The molecule has 2 aromatic rings. The molecule has 0 aliphatic carbocycles. The summed E-state index contributed by atoms with van der Waals surface area (Å²) in [6, 6.07) is 20.4. The van der Waals surface area contributed by atoms with Gasteiger partial charge in [0.25, 0.3) is 0 Å². The Bertz CT molecular complexity index is 747. The summed E-state index contributed by atoms with van der Waals surface area (Å²) in [7, 11) is 0. The Morgan fingerprint density at radius 3 is 2.35 bits per heavy atom. The van der Waals surface area contributed by atoms with Gasteiger partial charge >= 0.3 is 0 Å². The average Bonchev–Trinajstić information content (AvgIpc) is 2.80. The number of hydrogen-bond acceptors (Lipinski definition) is 4. The zero-order valence-electron chi connectivity index (χ0n) is 18.6. The number of nitrogens with two attached hydrogens (primary N) is 1. The van der Waals surface area contributed by atoms with E-state index in [2.05, 4.69) is 33.6 Å². The molecule has 31 heavy (non-hydrogen) atoms. The molecule has 1 heterocycles. The number of piperidine rings is 1. The maximum Gasteiger partial charge on any atom is 0.236 e. The maximum absolute atomic E-state index is 10.7. The van der Waals surface area contributed by atoms with Crippen LogP contribution in [-0.4, -0.2) is 36.3 Å². The van der Waals surface area contributed by atoms with Gasteiger partial charge in [0, 0.05) is 19.9 Å². The smallest absolute Gasteiger partial charge is 0.236 e. The fraction of sp³-hybridized carbons (Fsp3) is 0.440. The van der Waals surface area contributed by atoms with Crippen molar-refractivity contribution in [1.82, 2.24) is 10.3 Å². The molecule has 1 fully saturated rings. The number of amides is 1. The summed E-state index contributed by atoms with van der Waals surface area (Å²) in [6.07, 6.45) is 6.41. The average molecular weight is 425 g/mol. The predicted molar refractivity (Wildman–Crippen MR) is 127 cm³/mol. The standard InChI is InChI=1S/C19H30N4O2.C6H6/c1-16(24)21-22-19(20)10-3-6-13-25-18-9-7-8-17(14-18)15-23-11-4-2-5-12-23;1-2-4-6-5-3-1/h7-9,14H,2-6,10-13,15H2,1H3,(H2,20,22)(H,21,24);1-6H. The molecule has 6 heteroatoms. The van der Waals surface area contributed by atoms with E-state index >= 15 is 0 Å². The third-order valence-corrected chi connectivity index (χ3v) is 4.87. The molecule has 3 rings (SSSR count). The van der Waals surface area contributed by atoms with Gasteiger partial charge in [-0.15, -0.1) is 0 Å². The number of benzene rings is 2. The number of ether oxygens (including phenoxy) is 1. The second-order valence-corrected chi connectivity index (χ2v) is 7.72. The summed E-state index contributed by atoms with van der Waals surface area (Å²) >= 11 is 0. The van der Waals surface area contributed by atoms with Crippen LogP contribution in [0.1, 0.15) is 51.0 Å². The Morgan fingerprint density at radius 1 is 1.03 bits per heavy atom. The number of hydrazone groups is 1. The molecular weight excluding hydrogens is 388 g/mol. The molecule has 1 amide bonds. The van der Waals surface area contributed by atoms with E-state index in [1.807, 2.05) is 42.5 Å². The number of amidine groups is 1. The van der Waals surface area contributed by atoms with Gasteiger partial charge in [-0.1, -0.05) is 55.0 Å². The minimum Gasteiger partial charge on any atom is -0.494 e. The van der Waals surface area contributed by atoms with Crippen molar-refractivity contribution in [2.45, 2.75) is 52.0 Å². The first-order valence-electron chi connectivity index (χ1n) is 11.2. The summed E-state index contributed by atoms with van der Waals surface area (Å²) in [5.74, 6) is 1.16. The first-order valence-corrected chi connectivity index (χ1v) is 11.2. The van der Waals surface area contributed by atoms with Crippen LogP contribution in [0.2, 0.25) is 0 Å². The van der Waals surface area contributed by atoms with E-state index in [1.165, 1.54) is 44.8 Å². The van der Waals surface area contributed by atoms with Crippen molar-refractivity contribution in [3.8, 4) is 5.75 Å². The molecule has 0 unspecified atom stereocenters. The van der Waals surface area contributed by atoms with Crippen LogP contribution in [0.15, 0.2) is 65.8 Å². The fourth-order valence-corrected chi connectivity index (χ4v) is 3.30. The van der Waals surface area contributed by atoms with E-state index < -0.39 is 0 Å². The molecule has 0 bridgehead atoms. The molecule has 6 nitrogen and oxygen atoms in total. The first-order chi connectivity index (χ1) is 15.1. The van der Waals surface area contributed by atoms with Crippen molar-refractivity contribution >= 4 is 11.7 Å². The quantitative estimate of drug-likeness (QED) is 0.272. The summed E-state index contributed by atoms with van der Waals surface area (Å²) in [6.45, 7) is 5.47. The minimum atomic E-state index is -0.212. The summed E-state index contributed by atoms with van der Waals surface area (Å²) < 4.78 is 5.85. The van der Waals surface area contributed by atoms with Crippen molar-refractivity contribution < 1.29 is 9.53 Å². The van der Waals surface area contributed by atoms with Gasteiger partial charge in [-0.3, -0.25) is 9.69 Å². The largest absolute Gasteiger partial charge is 0.494 e. The van der Waals surface area contributed by atoms with Crippen molar-refractivity contribution in [3.63, 3.8) is 0 Å². The van der Waals surface area contributed by atoms with Gasteiger partial charge in [-0.05, 0) is 56.5 Å². The molecule has 0 aromatic heterocycles. The number of carbonyl (C=O) groups excluding carboxylic acids is 1. The van der Waals surface area contributed by atoms with E-state index in [0.29, 0.717) is 18.9 Å². The molecule has 3 N–H and O–H groups in total. The van der Waals surface area contributed by atoms with Crippen molar-refractivity contribution in [1.29, 1.82) is 0 Å². The first kappa shape index (κ1) is 24.4. The number of carbonyl (C=O) groups is 1. The highest BCUT2D eigenvalue weighted by atomic mass is 16.5. The third kappa shape index (κ3) is 11.8. The Hall–Kier alpha value is -2.86. The van der Waals surface area contributed by atoms with E-state index in [0.717, 1.165) is 25.1 Å². The Balaban J connectivity index is 0.000000488. The van der Waals surface area contributed by atoms with Gasteiger partial charge in [-0.25, -0.2) is 5.43 Å². The van der Waals surface area contributed by atoms with Crippen LogP contribution in [-0.2, 0) is 11.3 Å². The molecule has 1 saturated heterocycles. The van der Waals surface area contributed by atoms with E-state index in [-0.39, 0.29) is 5.91 Å². The molecule has 0 spiro atoms. The zero-order chi connectivity index (χ0) is 22.2. The topological polar surface area (TPSA) is 80.0 Å². The van der Waals surface area contributed by atoms with Crippen molar-refractivity contribution in [3.05, 3.63) is 66.2 Å². The van der Waals surface area contributed by atoms with Crippen molar-refractivity contribution in [2.75, 3.05) is 19.7 Å². The summed E-state index contributed by atoms with van der Waals surface area (Å²) in [4.78, 5) is 13.3. The minimum absolute atomic E-state index is 0.212. The van der Waals surface area contributed by atoms with Gasteiger partial charge in [-0.2, -0.15) is 5.10 Å². The molecule has 0 radical (unpaired) electrons. The van der Waals surface area contributed by atoms with Gasteiger partial charge in [0.15, 0.2) is 0 Å². The van der Waals surface area contributed by atoms with Crippen LogP contribution in [0, 0.1) is 0 Å². The monoisotopic (exact) mass is 424 g/mol. The number of rotatable bonds is 9. The highest BCUT2D eigenvalue weighted by molar-refractivity contribution is 5.82. The van der Waals surface area contributed by atoms with E-state index in [1.54, 1.807) is 0 Å². The lowest BCUT2D eigenvalue weighted by Gasteiger charge is -2.26. The summed E-state index contributed by atoms with van der Waals surface area (Å²) in [5.41, 5.74) is 9.37. The lowest BCUT2D eigenvalue weighted by molar-refractivity contribution is -0.118. The van der Waals surface area contributed by atoms with Crippen LogP contribution >= 0.6 is 0 Å². The van der Waals surface area contributed by atoms with Gasteiger partial charge < -0.3 is 10.5 Å². The van der Waals surface area contributed by atoms with Crippen LogP contribution in [0.25, 0.3) is 0 Å². The second-order valence-electron chi connectivity index (χ2n) is 7.72. The fourth-order valence-electron chi connectivity index (χ4n) is 3.30. The second kappa shape index (κ2) is 15.0. The van der Waals surface area contributed by atoms with Crippen LogP contribution in [0.3, 0.4) is 0 Å². The number of hydrogen-bond donors (Lipinski definition) is 2. The lowest BCUT2D eigenvalue weighted by Crippen LogP contribution is -2.29. The van der Waals surface area contributed by atoms with Crippen LogP contribution < -0.4 is 15.9 Å². The molecule has 0 saturated carbocycles. The van der Waals surface area contributed by atoms with Crippen LogP contribution in [0.4, 0.5) is 0 Å². The van der Waals surface area contributed by atoms with Crippen LogP contribution in [0.5, 0.6) is 5.75 Å².